The van der Waals surface area contributed by atoms with Gasteiger partial charge in [-0.25, -0.2) is 9.18 Å². The Morgan fingerprint density at radius 1 is 1.43 bits per heavy atom. The van der Waals surface area contributed by atoms with Crippen LogP contribution in [0.25, 0.3) is 0 Å². The van der Waals surface area contributed by atoms with Gasteiger partial charge in [-0.3, -0.25) is 4.68 Å². The van der Waals surface area contributed by atoms with Crippen LogP contribution in [0.1, 0.15) is 18.5 Å². The summed E-state index contributed by atoms with van der Waals surface area (Å²) in [4.78, 5) is 15.7. The van der Waals surface area contributed by atoms with Crippen molar-refractivity contribution in [3.05, 3.63) is 11.8 Å². The molecule has 2 saturated heterocycles. The molecule has 2 fully saturated rings. The minimum atomic E-state index is -0.851. The maximum Gasteiger partial charge on any atom is 0.317 e. The molecular formula is C14H22FN5O. The molecule has 6 nitrogen and oxygen atoms in total. The average Bonchev–Trinajstić information content (AvgIpc) is 2.74. The summed E-state index contributed by atoms with van der Waals surface area (Å²) in [6.45, 7) is 4.18. The van der Waals surface area contributed by atoms with Crippen molar-refractivity contribution >= 4 is 11.8 Å². The summed E-state index contributed by atoms with van der Waals surface area (Å²) in [6, 6.07) is 2.03. The lowest BCUT2D eigenvalue weighted by atomic mass is 10.1. The van der Waals surface area contributed by atoms with E-state index in [9.17, 15) is 9.18 Å². The summed E-state index contributed by atoms with van der Waals surface area (Å²) in [5.41, 5.74) is 0.994. The first-order valence-electron chi connectivity index (χ1n) is 7.48. The fraction of sp³-hybridized carbons (Fsp3) is 0.714. The second kappa shape index (κ2) is 5.54. The van der Waals surface area contributed by atoms with Crippen molar-refractivity contribution in [1.29, 1.82) is 0 Å². The molecule has 21 heavy (non-hydrogen) atoms. The van der Waals surface area contributed by atoms with Gasteiger partial charge in [0.1, 0.15) is 12.0 Å². The SMILES string of the molecule is Cc1cc(N2CCCC(NC(=O)N3CC(F)C3)C2)n(C)n1. The number of halogens is 1. The number of aryl methyl sites for hydroxylation is 2. The van der Waals surface area contributed by atoms with E-state index in [0.717, 1.165) is 37.4 Å². The smallest absolute Gasteiger partial charge is 0.317 e. The Morgan fingerprint density at radius 2 is 2.19 bits per heavy atom. The Morgan fingerprint density at radius 3 is 2.81 bits per heavy atom. The molecule has 0 radical (unpaired) electrons. The number of piperidine rings is 1. The minimum Gasteiger partial charge on any atom is -0.355 e. The van der Waals surface area contributed by atoms with Gasteiger partial charge < -0.3 is 15.1 Å². The van der Waals surface area contributed by atoms with Crippen LogP contribution in [0.2, 0.25) is 0 Å². The van der Waals surface area contributed by atoms with Gasteiger partial charge in [-0.1, -0.05) is 0 Å². The van der Waals surface area contributed by atoms with E-state index in [1.54, 1.807) is 0 Å². The molecule has 3 heterocycles. The number of rotatable bonds is 2. The molecule has 2 aliphatic rings. The van der Waals surface area contributed by atoms with E-state index in [0.29, 0.717) is 0 Å². The van der Waals surface area contributed by atoms with Gasteiger partial charge in [0.25, 0.3) is 0 Å². The lowest BCUT2D eigenvalue weighted by molar-refractivity contribution is 0.0877. The van der Waals surface area contributed by atoms with Gasteiger partial charge in [-0.05, 0) is 19.8 Å². The van der Waals surface area contributed by atoms with Crippen LogP contribution in [0.5, 0.6) is 0 Å². The zero-order chi connectivity index (χ0) is 15.0. The summed E-state index contributed by atoms with van der Waals surface area (Å²) < 4.78 is 14.7. The van der Waals surface area contributed by atoms with E-state index < -0.39 is 6.17 Å². The second-order valence-electron chi connectivity index (χ2n) is 6.00. The predicted octanol–water partition coefficient (Wildman–Crippen LogP) is 1.06. The van der Waals surface area contributed by atoms with Crippen molar-refractivity contribution in [2.75, 3.05) is 31.1 Å². The van der Waals surface area contributed by atoms with Crippen molar-refractivity contribution in [2.24, 2.45) is 7.05 Å². The van der Waals surface area contributed by atoms with Gasteiger partial charge in [0.15, 0.2) is 0 Å². The zero-order valence-corrected chi connectivity index (χ0v) is 12.5. The molecule has 1 unspecified atom stereocenters. The number of likely N-dealkylation sites (tertiary alicyclic amines) is 1. The number of nitrogens with zero attached hydrogens (tertiary/aromatic N) is 4. The van der Waals surface area contributed by atoms with Crippen molar-refractivity contribution in [3.8, 4) is 0 Å². The first-order chi connectivity index (χ1) is 10.0. The molecular weight excluding hydrogens is 273 g/mol. The van der Waals surface area contributed by atoms with E-state index in [2.05, 4.69) is 21.4 Å². The summed E-state index contributed by atoms with van der Waals surface area (Å²) in [7, 11) is 1.94. The molecule has 7 heteroatoms. The van der Waals surface area contributed by atoms with Gasteiger partial charge >= 0.3 is 6.03 Å². The highest BCUT2D eigenvalue weighted by atomic mass is 19.1. The van der Waals surface area contributed by atoms with Crippen molar-refractivity contribution in [2.45, 2.75) is 32.0 Å². The molecule has 0 saturated carbocycles. The van der Waals surface area contributed by atoms with Crippen LogP contribution in [0.15, 0.2) is 6.07 Å². The van der Waals surface area contributed by atoms with Gasteiger partial charge in [-0.2, -0.15) is 5.10 Å². The summed E-state index contributed by atoms with van der Waals surface area (Å²) in [5.74, 6) is 1.08. The average molecular weight is 295 g/mol. The minimum absolute atomic E-state index is 0.111. The Hall–Kier alpha value is -1.79. The topological polar surface area (TPSA) is 53.4 Å². The zero-order valence-electron chi connectivity index (χ0n) is 12.5. The number of nitrogens with one attached hydrogen (secondary N) is 1. The van der Waals surface area contributed by atoms with Crippen LogP contribution in [0.4, 0.5) is 15.0 Å². The molecule has 1 N–H and O–H groups in total. The van der Waals surface area contributed by atoms with E-state index in [1.165, 1.54) is 4.90 Å². The van der Waals surface area contributed by atoms with E-state index in [-0.39, 0.29) is 25.2 Å². The normalized spacial score (nSPS) is 23.1. The van der Waals surface area contributed by atoms with Crippen molar-refractivity contribution in [1.82, 2.24) is 20.0 Å². The van der Waals surface area contributed by atoms with E-state index >= 15 is 0 Å². The number of hydrogen-bond donors (Lipinski definition) is 1. The highest BCUT2D eigenvalue weighted by Crippen LogP contribution is 2.21. The fourth-order valence-corrected chi connectivity index (χ4v) is 3.05. The highest BCUT2D eigenvalue weighted by Gasteiger charge is 2.32. The molecule has 0 aliphatic carbocycles. The molecule has 3 rings (SSSR count). The maximum atomic E-state index is 12.8. The summed E-state index contributed by atoms with van der Waals surface area (Å²) in [6.07, 6.45) is 1.14. The number of alkyl halides is 1. The Kier molecular flexibility index (Phi) is 3.73. The predicted molar refractivity (Wildman–Crippen MR) is 78.2 cm³/mol. The third-order valence-electron chi connectivity index (χ3n) is 4.17. The molecule has 116 valence electrons. The van der Waals surface area contributed by atoms with Gasteiger partial charge in [-0.15, -0.1) is 0 Å². The molecule has 1 aromatic heterocycles. The Bertz CT molecular complexity index is 525. The molecule has 2 aliphatic heterocycles. The third-order valence-corrected chi connectivity index (χ3v) is 4.17. The van der Waals surface area contributed by atoms with Crippen LogP contribution in [-0.2, 0) is 7.05 Å². The number of carbonyl (C=O) groups is 1. The van der Waals surface area contributed by atoms with Gasteiger partial charge in [0.05, 0.1) is 18.8 Å². The number of carbonyl (C=O) groups excluding carboxylic acids is 1. The quantitative estimate of drug-likeness (QED) is 0.887. The summed E-state index contributed by atoms with van der Waals surface area (Å²) in [5, 5.41) is 7.39. The van der Waals surface area contributed by atoms with Crippen LogP contribution >= 0.6 is 0 Å². The van der Waals surface area contributed by atoms with E-state index in [4.69, 9.17) is 0 Å². The van der Waals surface area contributed by atoms with Crippen LogP contribution in [0.3, 0.4) is 0 Å². The Labute approximate surface area is 123 Å². The Balaban J connectivity index is 1.58. The summed E-state index contributed by atoms with van der Waals surface area (Å²) >= 11 is 0. The third kappa shape index (κ3) is 2.96. The maximum absolute atomic E-state index is 12.8. The number of anilines is 1. The van der Waals surface area contributed by atoms with Crippen LogP contribution in [0, 0.1) is 6.92 Å². The standard InChI is InChI=1S/C14H22FN5O/c1-10-6-13(18(2)17-10)19-5-3-4-12(9-19)16-14(21)20-7-11(15)8-20/h6,11-12H,3-5,7-9H2,1-2H3,(H,16,21). The van der Waals surface area contributed by atoms with Crippen molar-refractivity contribution < 1.29 is 9.18 Å². The molecule has 1 atom stereocenters. The highest BCUT2D eigenvalue weighted by molar-refractivity contribution is 5.75. The lowest BCUT2D eigenvalue weighted by Gasteiger charge is -2.38. The number of aromatic nitrogens is 2. The van der Waals surface area contributed by atoms with E-state index in [1.807, 2.05) is 18.7 Å². The monoisotopic (exact) mass is 295 g/mol. The second-order valence-corrected chi connectivity index (χ2v) is 6.00. The number of urea groups is 1. The largest absolute Gasteiger partial charge is 0.355 e. The molecule has 0 spiro atoms. The lowest BCUT2D eigenvalue weighted by Crippen LogP contribution is -2.58. The fourth-order valence-electron chi connectivity index (χ4n) is 3.05. The van der Waals surface area contributed by atoms with Crippen LogP contribution < -0.4 is 10.2 Å². The molecule has 2 amide bonds. The van der Waals surface area contributed by atoms with Crippen molar-refractivity contribution in [3.63, 3.8) is 0 Å². The van der Waals surface area contributed by atoms with Gasteiger partial charge in [0, 0.05) is 32.2 Å². The molecule has 1 aromatic rings. The number of hydrogen-bond acceptors (Lipinski definition) is 3. The molecule has 0 bridgehead atoms. The van der Waals surface area contributed by atoms with Gasteiger partial charge in [0.2, 0.25) is 0 Å². The first-order valence-corrected chi connectivity index (χ1v) is 7.48. The van der Waals surface area contributed by atoms with Crippen LogP contribution in [-0.4, -0.2) is 59.1 Å². The first kappa shape index (κ1) is 14.2. The number of amides is 2. The molecule has 0 aromatic carbocycles.